The third-order valence-electron chi connectivity index (χ3n) is 1.62. The molecule has 0 bridgehead atoms. The maximum absolute atomic E-state index is 12.4. The van der Waals surface area contributed by atoms with E-state index in [2.05, 4.69) is 0 Å². The van der Waals surface area contributed by atoms with Crippen molar-refractivity contribution in [2.75, 3.05) is 0 Å². The lowest BCUT2D eigenvalue weighted by atomic mass is 10.2. The summed E-state index contributed by atoms with van der Waals surface area (Å²) in [6.45, 7) is 3.48. The third kappa shape index (κ3) is 3.30. The highest BCUT2D eigenvalue weighted by Gasteiger charge is 2.33. The molecule has 84 valence electrons. The lowest BCUT2D eigenvalue weighted by molar-refractivity contribution is -0.137. The fraction of sp³-hybridized carbons (Fsp3) is 0.400. The van der Waals surface area contributed by atoms with E-state index in [1.807, 2.05) is 0 Å². The van der Waals surface area contributed by atoms with Gasteiger partial charge in [0.25, 0.3) is 0 Å². The molecule has 0 heterocycles. The van der Waals surface area contributed by atoms with E-state index in [1.165, 1.54) is 12.1 Å². The van der Waals surface area contributed by atoms with Gasteiger partial charge in [0, 0.05) is 0 Å². The van der Waals surface area contributed by atoms with Gasteiger partial charge in [0.2, 0.25) is 0 Å². The molecule has 0 amide bonds. The fourth-order valence-corrected chi connectivity index (χ4v) is 1.29. The van der Waals surface area contributed by atoms with Crippen molar-refractivity contribution in [1.82, 2.24) is 0 Å². The minimum Gasteiger partial charge on any atom is -0.491 e. The Morgan fingerprint density at radius 2 is 1.87 bits per heavy atom. The zero-order valence-corrected chi connectivity index (χ0v) is 8.99. The van der Waals surface area contributed by atoms with Crippen molar-refractivity contribution in [2.24, 2.45) is 0 Å². The molecule has 1 rings (SSSR count). The maximum atomic E-state index is 12.4. The molecule has 15 heavy (non-hydrogen) atoms. The molecule has 5 heteroatoms. The van der Waals surface area contributed by atoms with Crippen LogP contribution in [0.15, 0.2) is 18.2 Å². The molecule has 1 aromatic rings. The normalized spacial score (nSPS) is 11.9. The quantitative estimate of drug-likeness (QED) is 0.752. The summed E-state index contributed by atoms with van der Waals surface area (Å²) in [6, 6.07) is 3.50. The van der Waals surface area contributed by atoms with E-state index in [9.17, 15) is 13.2 Å². The van der Waals surface area contributed by atoms with E-state index >= 15 is 0 Å². The Hall–Kier alpha value is -0.900. The average Bonchev–Trinajstić information content (AvgIpc) is 2.05. The summed E-state index contributed by atoms with van der Waals surface area (Å²) in [7, 11) is 0. The topological polar surface area (TPSA) is 9.23 Å². The van der Waals surface area contributed by atoms with Gasteiger partial charge in [-0.3, -0.25) is 0 Å². The molecule has 0 unspecified atom stereocenters. The second-order valence-electron chi connectivity index (χ2n) is 3.31. The standard InChI is InChI=1S/C10H10ClF3O/c1-6(2)15-7-3-4-9(11)8(5-7)10(12,13)14/h3-6H,1-2H3. The number of benzene rings is 1. The Bertz CT molecular complexity index is 347. The number of halogens is 4. The largest absolute Gasteiger partial charge is 0.491 e. The van der Waals surface area contributed by atoms with Crippen LogP contribution in [-0.4, -0.2) is 6.10 Å². The van der Waals surface area contributed by atoms with Crippen molar-refractivity contribution < 1.29 is 17.9 Å². The summed E-state index contributed by atoms with van der Waals surface area (Å²) < 4.78 is 42.4. The summed E-state index contributed by atoms with van der Waals surface area (Å²) >= 11 is 5.44. The van der Waals surface area contributed by atoms with Crippen LogP contribution < -0.4 is 4.74 Å². The number of alkyl halides is 3. The lowest BCUT2D eigenvalue weighted by Gasteiger charge is -2.13. The van der Waals surface area contributed by atoms with Crippen LogP contribution in [0.25, 0.3) is 0 Å². The Balaban J connectivity index is 3.06. The van der Waals surface area contributed by atoms with Gasteiger partial charge in [0.05, 0.1) is 16.7 Å². The monoisotopic (exact) mass is 238 g/mol. The van der Waals surface area contributed by atoms with Gasteiger partial charge in [-0.05, 0) is 32.0 Å². The summed E-state index contributed by atoms with van der Waals surface area (Å²) in [6.07, 6.45) is -4.62. The van der Waals surface area contributed by atoms with Crippen molar-refractivity contribution in [3.8, 4) is 5.75 Å². The first-order valence-electron chi connectivity index (χ1n) is 4.34. The molecule has 0 aliphatic heterocycles. The summed E-state index contributed by atoms with van der Waals surface area (Å²) in [5.41, 5.74) is -0.873. The van der Waals surface area contributed by atoms with Gasteiger partial charge in [-0.25, -0.2) is 0 Å². The van der Waals surface area contributed by atoms with Gasteiger partial charge in [-0.2, -0.15) is 13.2 Å². The number of ether oxygens (including phenoxy) is 1. The first-order valence-corrected chi connectivity index (χ1v) is 4.72. The fourth-order valence-electron chi connectivity index (χ4n) is 1.07. The predicted octanol–water partition coefficient (Wildman–Crippen LogP) is 4.15. The second-order valence-corrected chi connectivity index (χ2v) is 3.71. The Labute approximate surface area is 90.8 Å². The molecule has 1 aromatic carbocycles. The number of hydrogen-bond acceptors (Lipinski definition) is 1. The SMILES string of the molecule is CC(C)Oc1ccc(Cl)c(C(F)(F)F)c1. The molecular formula is C10H10ClF3O. The first-order chi connectivity index (χ1) is 6.80. The molecule has 0 aromatic heterocycles. The van der Waals surface area contributed by atoms with E-state index in [-0.39, 0.29) is 16.9 Å². The van der Waals surface area contributed by atoms with Gasteiger partial charge < -0.3 is 4.74 Å². The third-order valence-corrected chi connectivity index (χ3v) is 1.94. The zero-order valence-electron chi connectivity index (χ0n) is 8.23. The van der Waals surface area contributed by atoms with Gasteiger partial charge in [0.1, 0.15) is 5.75 Å². The van der Waals surface area contributed by atoms with Crippen LogP contribution in [0.1, 0.15) is 19.4 Å². The summed E-state index contributed by atoms with van der Waals surface area (Å²) in [5.74, 6) is 0.168. The van der Waals surface area contributed by atoms with E-state index in [1.54, 1.807) is 13.8 Å². The number of hydrogen-bond donors (Lipinski definition) is 0. The van der Waals surface area contributed by atoms with Crippen LogP contribution in [0.2, 0.25) is 5.02 Å². The lowest BCUT2D eigenvalue weighted by Crippen LogP contribution is -2.09. The van der Waals surface area contributed by atoms with Crippen molar-refractivity contribution in [3.63, 3.8) is 0 Å². The minimum absolute atomic E-state index is 0.168. The van der Waals surface area contributed by atoms with Crippen LogP contribution >= 0.6 is 11.6 Å². The molecule has 0 aliphatic carbocycles. The average molecular weight is 239 g/mol. The minimum atomic E-state index is -4.45. The Morgan fingerprint density at radius 3 is 2.33 bits per heavy atom. The predicted molar refractivity (Wildman–Crippen MR) is 52.2 cm³/mol. The Kier molecular flexibility index (Phi) is 3.50. The molecule has 0 saturated heterocycles. The van der Waals surface area contributed by atoms with Crippen LogP contribution in [0.5, 0.6) is 5.75 Å². The molecule has 0 aliphatic rings. The van der Waals surface area contributed by atoms with Crippen LogP contribution in [-0.2, 0) is 6.18 Å². The highest BCUT2D eigenvalue weighted by Crippen LogP contribution is 2.36. The van der Waals surface area contributed by atoms with E-state index in [0.717, 1.165) is 6.07 Å². The van der Waals surface area contributed by atoms with Crippen LogP contribution in [0.3, 0.4) is 0 Å². The molecule has 0 spiro atoms. The second kappa shape index (κ2) is 4.31. The summed E-state index contributed by atoms with van der Waals surface area (Å²) in [4.78, 5) is 0. The molecule has 0 fully saturated rings. The van der Waals surface area contributed by atoms with Crippen molar-refractivity contribution in [3.05, 3.63) is 28.8 Å². The van der Waals surface area contributed by atoms with Gasteiger partial charge in [0.15, 0.2) is 0 Å². The maximum Gasteiger partial charge on any atom is 0.417 e. The Morgan fingerprint density at radius 1 is 1.27 bits per heavy atom. The molecule has 0 radical (unpaired) electrons. The van der Waals surface area contributed by atoms with Crippen LogP contribution in [0.4, 0.5) is 13.2 Å². The molecule has 1 nitrogen and oxygen atoms in total. The highest BCUT2D eigenvalue weighted by molar-refractivity contribution is 6.31. The van der Waals surface area contributed by atoms with Gasteiger partial charge in [-0.1, -0.05) is 11.6 Å². The van der Waals surface area contributed by atoms with Crippen LogP contribution in [0, 0.1) is 0 Å². The zero-order chi connectivity index (χ0) is 11.6. The van der Waals surface area contributed by atoms with Crippen molar-refractivity contribution in [1.29, 1.82) is 0 Å². The van der Waals surface area contributed by atoms with Crippen molar-refractivity contribution >= 4 is 11.6 Å². The molecule has 0 saturated carbocycles. The van der Waals surface area contributed by atoms with E-state index in [4.69, 9.17) is 16.3 Å². The molecular weight excluding hydrogens is 229 g/mol. The number of rotatable bonds is 2. The smallest absolute Gasteiger partial charge is 0.417 e. The van der Waals surface area contributed by atoms with Crippen molar-refractivity contribution in [2.45, 2.75) is 26.1 Å². The molecule has 0 atom stereocenters. The molecule has 0 N–H and O–H groups in total. The highest BCUT2D eigenvalue weighted by atomic mass is 35.5. The van der Waals surface area contributed by atoms with Gasteiger partial charge >= 0.3 is 6.18 Å². The van der Waals surface area contributed by atoms with Gasteiger partial charge in [-0.15, -0.1) is 0 Å². The van der Waals surface area contributed by atoms with E-state index < -0.39 is 11.7 Å². The van der Waals surface area contributed by atoms with E-state index in [0.29, 0.717) is 0 Å². The first kappa shape index (κ1) is 12.2. The summed E-state index contributed by atoms with van der Waals surface area (Å²) in [5, 5.41) is -0.321.